The molecule has 92 valence electrons. The zero-order valence-electron chi connectivity index (χ0n) is 10.4. The average molecular weight is 241 g/mol. The number of nitrogens with one attached hydrogen (secondary N) is 2. The highest BCUT2D eigenvalue weighted by Gasteiger charge is 2.06. The second kappa shape index (κ2) is 4.83. The second-order valence-corrected chi connectivity index (χ2v) is 3.88. The predicted molar refractivity (Wildman–Crippen MR) is 74.8 cm³/mol. The standard InChI is InChI=1S/C13H15N5/c1-8-11-5-9(10(6-14)7-15)3-4-12(11)18-13(16-2)17-8/h3-7,14H,15H2,1-2H3,(H,16,17,18)/b10-7+,14-6?. The summed E-state index contributed by atoms with van der Waals surface area (Å²) in [5, 5.41) is 11.2. The predicted octanol–water partition coefficient (Wildman–Crippen LogP) is 1.93. The van der Waals surface area contributed by atoms with Gasteiger partial charge in [0.15, 0.2) is 0 Å². The van der Waals surface area contributed by atoms with Crippen LogP contribution in [0.25, 0.3) is 16.5 Å². The molecule has 0 saturated carbocycles. The molecule has 0 saturated heterocycles. The van der Waals surface area contributed by atoms with Gasteiger partial charge in [-0.05, 0) is 24.6 Å². The number of hydrogen-bond donors (Lipinski definition) is 3. The normalized spacial score (nSPS) is 11.6. The van der Waals surface area contributed by atoms with Crippen LogP contribution in [0.15, 0.2) is 24.4 Å². The molecule has 0 spiro atoms. The maximum absolute atomic E-state index is 7.31. The maximum atomic E-state index is 7.31. The molecule has 0 atom stereocenters. The molecule has 2 aromatic rings. The third-order valence-electron chi connectivity index (χ3n) is 2.78. The van der Waals surface area contributed by atoms with Gasteiger partial charge in [-0.1, -0.05) is 6.07 Å². The van der Waals surface area contributed by atoms with E-state index < -0.39 is 0 Å². The second-order valence-electron chi connectivity index (χ2n) is 3.88. The molecule has 1 heterocycles. The first-order valence-corrected chi connectivity index (χ1v) is 5.58. The molecule has 18 heavy (non-hydrogen) atoms. The van der Waals surface area contributed by atoms with Crippen molar-refractivity contribution in [3.8, 4) is 0 Å². The quantitative estimate of drug-likeness (QED) is 0.716. The van der Waals surface area contributed by atoms with Crippen LogP contribution < -0.4 is 11.1 Å². The number of nitrogens with two attached hydrogens (primary N) is 1. The largest absolute Gasteiger partial charge is 0.404 e. The molecule has 5 heteroatoms. The third-order valence-corrected chi connectivity index (χ3v) is 2.78. The van der Waals surface area contributed by atoms with Crippen LogP contribution in [0.2, 0.25) is 0 Å². The SMILES string of the molecule is CNc1nc(C)c2cc(/C(C=N)=C/N)ccc2n1. The smallest absolute Gasteiger partial charge is 0.223 e. The number of rotatable bonds is 3. The summed E-state index contributed by atoms with van der Waals surface area (Å²) in [4.78, 5) is 8.72. The van der Waals surface area contributed by atoms with Crippen LogP contribution in [0.1, 0.15) is 11.3 Å². The van der Waals surface area contributed by atoms with Gasteiger partial charge >= 0.3 is 0 Å². The van der Waals surface area contributed by atoms with Gasteiger partial charge in [0.2, 0.25) is 5.95 Å². The summed E-state index contributed by atoms with van der Waals surface area (Å²) in [6.45, 7) is 1.94. The van der Waals surface area contributed by atoms with E-state index in [0.717, 1.165) is 22.2 Å². The number of aromatic nitrogens is 2. The van der Waals surface area contributed by atoms with Crippen LogP contribution in [-0.2, 0) is 0 Å². The van der Waals surface area contributed by atoms with Crippen LogP contribution in [-0.4, -0.2) is 23.2 Å². The van der Waals surface area contributed by atoms with Gasteiger partial charge in [0.1, 0.15) is 0 Å². The van der Waals surface area contributed by atoms with Gasteiger partial charge in [0, 0.05) is 30.4 Å². The molecule has 0 aliphatic rings. The van der Waals surface area contributed by atoms with Crippen molar-refractivity contribution in [2.45, 2.75) is 6.92 Å². The molecular formula is C13H15N5. The van der Waals surface area contributed by atoms with E-state index in [1.807, 2.05) is 25.1 Å². The molecule has 1 aromatic heterocycles. The van der Waals surface area contributed by atoms with Crippen LogP contribution >= 0.6 is 0 Å². The molecule has 4 N–H and O–H groups in total. The number of hydrogen-bond acceptors (Lipinski definition) is 5. The minimum atomic E-state index is 0.606. The highest BCUT2D eigenvalue weighted by atomic mass is 15.1. The number of anilines is 1. The average Bonchev–Trinajstić information content (AvgIpc) is 2.40. The Bertz CT molecular complexity index is 631. The molecule has 0 radical (unpaired) electrons. The van der Waals surface area contributed by atoms with Crippen LogP contribution in [0.4, 0.5) is 5.95 Å². The Labute approximate surface area is 105 Å². The highest BCUT2D eigenvalue weighted by molar-refractivity contribution is 6.09. The zero-order valence-corrected chi connectivity index (χ0v) is 10.4. The minimum Gasteiger partial charge on any atom is -0.404 e. The van der Waals surface area contributed by atoms with Crippen LogP contribution in [0.5, 0.6) is 0 Å². The van der Waals surface area contributed by atoms with Crippen molar-refractivity contribution in [2.24, 2.45) is 5.73 Å². The summed E-state index contributed by atoms with van der Waals surface area (Å²) < 4.78 is 0. The highest BCUT2D eigenvalue weighted by Crippen LogP contribution is 2.21. The monoisotopic (exact) mass is 241 g/mol. The van der Waals surface area contributed by atoms with Crippen molar-refractivity contribution >= 4 is 28.6 Å². The first-order valence-electron chi connectivity index (χ1n) is 5.58. The van der Waals surface area contributed by atoms with E-state index in [0.29, 0.717) is 11.5 Å². The summed E-state index contributed by atoms with van der Waals surface area (Å²) in [5.41, 5.74) is 8.82. The number of benzene rings is 1. The lowest BCUT2D eigenvalue weighted by Gasteiger charge is -2.07. The molecule has 0 bridgehead atoms. The van der Waals surface area contributed by atoms with E-state index in [2.05, 4.69) is 15.3 Å². The van der Waals surface area contributed by atoms with Crippen molar-refractivity contribution in [1.82, 2.24) is 9.97 Å². The van der Waals surface area contributed by atoms with Gasteiger partial charge in [-0.15, -0.1) is 0 Å². The number of fused-ring (bicyclic) bond motifs is 1. The number of nitrogens with zero attached hydrogens (tertiary/aromatic N) is 2. The fraction of sp³-hybridized carbons (Fsp3) is 0.154. The Kier molecular flexibility index (Phi) is 3.23. The van der Waals surface area contributed by atoms with Crippen molar-refractivity contribution in [3.05, 3.63) is 35.7 Å². The van der Waals surface area contributed by atoms with E-state index >= 15 is 0 Å². The molecule has 1 aromatic carbocycles. The fourth-order valence-electron chi connectivity index (χ4n) is 1.80. The first kappa shape index (κ1) is 12.0. The van der Waals surface area contributed by atoms with E-state index in [4.69, 9.17) is 11.1 Å². The summed E-state index contributed by atoms with van der Waals surface area (Å²) in [6, 6.07) is 5.76. The van der Waals surface area contributed by atoms with Crippen molar-refractivity contribution in [3.63, 3.8) is 0 Å². The number of aryl methyl sites for hydroxylation is 1. The van der Waals surface area contributed by atoms with Crippen LogP contribution in [0, 0.1) is 12.3 Å². The molecule has 5 nitrogen and oxygen atoms in total. The lowest BCUT2D eigenvalue weighted by molar-refractivity contribution is 1.14. The minimum absolute atomic E-state index is 0.606. The lowest BCUT2D eigenvalue weighted by Crippen LogP contribution is -1.99. The van der Waals surface area contributed by atoms with Gasteiger partial charge < -0.3 is 16.5 Å². The Morgan fingerprint density at radius 3 is 2.78 bits per heavy atom. The molecule has 0 aliphatic heterocycles. The van der Waals surface area contributed by atoms with Crippen molar-refractivity contribution in [2.75, 3.05) is 12.4 Å². The van der Waals surface area contributed by atoms with E-state index in [1.165, 1.54) is 12.4 Å². The molecule has 2 rings (SSSR count). The summed E-state index contributed by atoms with van der Waals surface area (Å²) >= 11 is 0. The zero-order chi connectivity index (χ0) is 13.1. The Hall–Kier alpha value is -2.43. The number of allylic oxidation sites excluding steroid dienone is 1. The van der Waals surface area contributed by atoms with Gasteiger partial charge in [-0.25, -0.2) is 9.97 Å². The topological polar surface area (TPSA) is 87.7 Å². The Morgan fingerprint density at radius 2 is 2.17 bits per heavy atom. The summed E-state index contributed by atoms with van der Waals surface area (Å²) in [5.74, 6) is 0.606. The van der Waals surface area contributed by atoms with Gasteiger partial charge in [-0.3, -0.25) is 0 Å². The van der Waals surface area contributed by atoms with Gasteiger partial charge in [-0.2, -0.15) is 0 Å². The molecule has 0 aliphatic carbocycles. The Morgan fingerprint density at radius 1 is 1.39 bits per heavy atom. The van der Waals surface area contributed by atoms with E-state index in [-0.39, 0.29) is 0 Å². The molecule has 0 amide bonds. The summed E-state index contributed by atoms with van der Waals surface area (Å²) in [6.07, 6.45) is 2.66. The van der Waals surface area contributed by atoms with Crippen molar-refractivity contribution in [1.29, 1.82) is 5.41 Å². The lowest BCUT2D eigenvalue weighted by atomic mass is 10.0. The van der Waals surface area contributed by atoms with Gasteiger partial charge in [0.25, 0.3) is 0 Å². The maximum Gasteiger partial charge on any atom is 0.223 e. The fourth-order valence-corrected chi connectivity index (χ4v) is 1.80. The van der Waals surface area contributed by atoms with Crippen LogP contribution in [0.3, 0.4) is 0 Å². The van der Waals surface area contributed by atoms with Crippen molar-refractivity contribution < 1.29 is 0 Å². The van der Waals surface area contributed by atoms with E-state index in [1.54, 1.807) is 7.05 Å². The van der Waals surface area contributed by atoms with Gasteiger partial charge in [0.05, 0.1) is 11.2 Å². The summed E-state index contributed by atoms with van der Waals surface area (Å²) in [7, 11) is 1.79. The van der Waals surface area contributed by atoms with E-state index in [9.17, 15) is 0 Å². The third kappa shape index (κ3) is 2.02. The molecular weight excluding hydrogens is 226 g/mol. The first-order chi connectivity index (χ1) is 8.69. The molecule has 0 fully saturated rings. The Balaban J connectivity index is 2.65. The molecule has 0 unspecified atom stereocenters.